The van der Waals surface area contributed by atoms with Crippen molar-refractivity contribution in [1.82, 2.24) is 14.9 Å². The molecule has 0 aliphatic heterocycles. The van der Waals surface area contributed by atoms with Gasteiger partial charge in [0, 0.05) is 49.9 Å². The molecule has 0 fully saturated rings. The Kier molecular flexibility index (Phi) is 39.4. The quantitative estimate of drug-likeness (QED) is 0.0367. The maximum Gasteiger partial charge on any atom is 0.327 e. The zero-order valence-electron chi connectivity index (χ0n) is 43.1. The van der Waals surface area contributed by atoms with E-state index in [0.29, 0.717) is 25.7 Å². The third kappa shape index (κ3) is 37.1. The number of rotatable bonds is 45. The van der Waals surface area contributed by atoms with Crippen LogP contribution in [0.1, 0.15) is 220 Å². The first-order chi connectivity index (χ1) is 33.5. The molecule has 0 aromatic carbocycles. The first-order valence-electron chi connectivity index (χ1n) is 26.7. The number of unbranched alkanes of at least 4 members (excludes halogenated alkanes) is 20. The lowest BCUT2D eigenvalue weighted by Crippen LogP contribution is -2.44. The summed E-state index contributed by atoms with van der Waals surface area (Å²) < 4.78 is 34.5. The predicted molar refractivity (Wildman–Crippen MR) is 264 cm³/mol. The standard InChI is InChI=1S/C53H91N3O13/c1-5-9-13-17-21-25-29-47(57)64-37-44(38-65-48(58)30-26-22-18-14-10-6-2)35-51(61)68-41-46(55-53(63)56-34-33-54-43-56)42-69-52(62)36-45(39-66-49(59)31-27-23-19-15-11-7-3)40-67-50(60)32-28-24-20-16-12-8-4/h33-34,43-46H,5-32,35-42H2,1-4H3,(H,55,63). The number of esters is 6. The predicted octanol–water partition coefficient (Wildman–Crippen LogP) is 11.1. The molecule has 69 heavy (non-hydrogen) atoms. The molecule has 0 saturated heterocycles. The van der Waals surface area contributed by atoms with Gasteiger partial charge in [-0.05, 0) is 25.7 Å². The van der Waals surface area contributed by atoms with E-state index >= 15 is 0 Å². The van der Waals surface area contributed by atoms with Gasteiger partial charge >= 0.3 is 41.8 Å². The highest BCUT2D eigenvalue weighted by Crippen LogP contribution is 2.15. The molecule has 0 aliphatic rings. The van der Waals surface area contributed by atoms with Crippen molar-refractivity contribution < 1.29 is 62.0 Å². The summed E-state index contributed by atoms with van der Waals surface area (Å²) in [6, 6.07) is -1.63. The van der Waals surface area contributed by atoms with Gasteiger partial charge in [-0.2, -0.15) is 0 Å². The van der Waals surface area contributed by atoms with Gasteiger partial charge in [0.2, 0.25) is 0 Å². The molecule has 0 radical (unpaired) electrons. The molecule has 0 unspecified atom stereocenters. The van der Waals surface area contributed by atoms with Crippen LogP contribution >= 0.6 is 0 Å². The minimum Gasteiger partial charge on any atom is -0.465 e. The molecule has 1 rings (SSSR count). The molecule has 0 spiro atoms. The highest BCUT2D eigenvalue weighted by molar-refractivity contribution is 5.77. The summed E-state index contributed by atoms with van der Waals surface area (Å²) in [5, 5.41) is 2.69. The normalized spacial score (nSPS) is 11.2. The number of nitrogens with one attached hydrogen (secondary N) is 1. The molecular weight excluding hydrogens is 887 g/mol. The van der Waals surface area contributed by atoms with E-state index < -0.39 is 72.9 Å². The van der Waals surface area contributed by atoms with Crippen LogP contribution in [0.2, 0.25) is 0 Å². The lowest BCUT2D eigenvalue weighted by Gasteiger charge is -2.21. The van der Waals surface area contributed by atoms with Crippen LogP contribution in [0.15, 0.2) is 18.7 Å². The van der Waals surface area contributed by atoms with Crippen molar-refractivity contribution >= 4 is 41.8 Å². The average molecular weight is 978 g/mol. The van der Waals surface area contributed by atoms with E-state index in [0.717, 1.165) is 128 Å². The van der Waals surface area contributed by atoms with Crippen molar-refractivity contribution in [2.45, 2.75) is 226 Å². The Labute approximate surface area is 414 Å². The Morgan fingerprint density at radius 1 is 0.406 bits per heavy atom. The smallest absolute Gasteiger partial charge is 0.327 e. The van der Waals surface area contributed by atoms with Gasteiger partial charge in [-0.25, -0.2) is 9.78 Å². The van der Waals surface area contributed by atoms with Crippen LogP contribution in [0.5, 0.6) is 0 Å². The van der Waals surface area contributed by atoms with E-state index in [2.05, 4.69) is 38.0 Å². The maximum atomic E-state index is 13.3. The highest BCUT2D eigenvalue weighted by atomic mass is 16.6. The Bertz CT molecular complexity index is 1360. The van der Waals surface area contributed by atoms with Crippen LogP contribution in [0.4, 0.5) is 4.79 Å². The Morgan fingerprint density at radius 3 is 0.986 bits per heavy atom. The van der Waals surface area contributed by atoms with Gasteiger partial charge in [-0.3, -0.25) is 33.3 Å². The van der Waals surface area contributed by atoms with Crippen molar-refractivity contribution in [3.63, 3.8) is 0 Å². The van der Waals surface area contributed by atoms with Crippen molar-refractivity contribution in [3.05, 3.63) is 18.7 Å². The number of carbonyl (C=O) groups is 7. The molecule has 0 aliphatic carbocycles. The summed E-state index contributed by atoms with van der Waals surface area (Å²) in [5.41, 5.74) is 0. The number of carbonyl (C=O) groups excluding carboxylic acids is 7. The molecule has 16 heteroatoms. The molecule has 1 N–H and O–H groups in total. The van der Waals surface area contributed by atoms with Gasteiger partial charge in [0.15, 0.2) is 0 Å². The van der Waals surface area contributed by atoms with Gasteiger partial charge in [-0.15, -0.1) is 0 Å². The maximum absolute atomic E-state index is 13.3. The fourth-order valence-electron chi connectivity index (χ4n) is 7.40. The molecule has 0 atom stereocenters. The monoisotopic (exact) mass is 978 g/mol. The van der Waals surface area contributed by atoms with Crippen LogP contribution in [0.25, 0.3) is 0 Å². The molecule has 1 amide bonds. The zero-order chi connectivity index (χ0) is 50.6. The Hall–Kier alpha value is -4.50. The number of amides is 1. The Balaban J connectivity index is 2.95. The second-order valence-electron chi connectivity index (χ2n) is 18.4. The number of hydrogen-bond donors (Lipinski definition) is 1. The highest BCUT2D eigenvalue weighted by Gasteiger charge is 2.25. The van der Waals surface area contributed by atoms with E-state index in [4.69, 9.17) is 28.4 Å². The zero-order valence-corrected chi connectivity index (χ0v) is 43.1. The largest absolute Gasteiger partial charge is 0.465 e. The fourth-order valence-corrected chi connectivity index (χ4v) is 7.40. The van der Waals surface area contributed by atoms with E-state index in [1.807, 2.05) is 0 Å². The fraction of sp³-hybridized carbons (Fsp3) is 0.811. The van der Waals surface area contributed by atoms with Crippen LogP contribution in [-0.2, 0) is 57.2 Å². The summed E-state index contributed by atoms with van der Waals surface area (Å²) >= 11 is 0. The minimum atomic E-state index is -1.01. The SMILES string of the molecule is CCCCCCCCC(=O)OCC(COC(=O)CCCCCCCC)CC(=O)OCC(COC(=O)CC(COC(=O)CCCCCCCC)COC(=O)CCCCCCCC)NC(=O)n1ccnc1. The molecular formula is C53H91N3O13. The molecule has 1 aromatic heterocycles. The van der Waals surface area contributed by atoms with Crippen molar-refractivity contribution in [1.29, 1.82) is 0 Å². The molecule has 0 saturated carbocycles. The molecule has 1 heterocycles. The first-order valence-corrected chi connectivity index (χ1v) is 26.7. The van der Waals surface area contributed by atoms with Crippen LogP contribution in [0.3, 0.4) is 0 Å². The Morgan fingerprint density at radius 2 is 0.696 bits per heavy atom. The number of aromatic nitrogens is 2. The van der Waals surface area contributed by atoms with Crippen molar-refractivity contribution in [3.8, 4) is 0 Å². The average Bonchev–Trinajstić information content (AvgIpc) is 3.89. The number of hydrogen-bond acceptors (Lipinski definition) is 14. The van der Waals surface area contributed by atoms with Gasteiger partial charge in [0.1, 0.15) is 19.5 Å². The second-order valence-corrected chi connectivity index (χ2v) is 18.4. The van der Waals surface area contributed by atoms with E-state index in [1.165, 1.54) is 23.3 Å². The van der Waals surface area contributed by atoms with Gasteiger partial charge < -0.3 is 33.7 Å². The summed E-state index contributed by atoms with van der Waals surface area (Å²) in [7, 11) is 0. The number of nitrogens with zero attached hydrogens (tertiary/aromatic N) is 2. The van der Waals surface area contributed by atoms with Crippen LogP contribution in [-0.4, -0.2) is 97.1 Å². The number of imidazole rings is 1. The van der Waals surface area contributed by atoms with Crippen LogP contribution < -0.4 is 5.32 Å². The molecule has 396 valence electrons. The van der Waals surface area contributed by atoms with Gasteiger partial charge in [0.05, 0.1) is 45.3 Å². The number of ether oxygens (including phenoxy) is 6. The van der Waals surface area contributed by atoms with E-state index in [9.17, 15) is 33.6 Å². The van der Waals surface area contributed by atoms with Crippen molar-refractivity contribution in [2.75, 3.05) is 39.6 Å². The van der Waals surface area contributed by atoms with E-state index in [1.54, 1.807) is 0 Å². The van der Waals surface area contributed by atoms with Gasteiger partial charge in [-0.1, -0.05) is 156 Å². The lowest BCUT2D eigenvalue weighted by atomic mass is 10.1. The minimum absolute atomic E-state index is 0.156. The molecule has 0 bridgehead atoms. The van der Waals surface area contributed by atoms with Crippen molar-refractivity contribution in [2.24, 2.45) is 11.8 Å². The molecule has 1 aromatic rings. The first kappa shape index (κ1) is 62.5. The summed E-state index contributed by atoms with van der Waals surface area (Å²) in [6.07, 6.45) is 28.8. The summed E-state index contributed by atoms with van der Waals surface area (Å²) in [6.45, 7) is 7.16. The third-order valence-corrected chi connectivity index (χ3v) is 11.7. The van der Waals surface area contributed by atoms with Gasteiger partial charge in [0.25, 0.3) is 0 Å². The second kappa shape index (κ2) is 43.5. The topological polar surface area (TPSA) is 205 Å². The van der Waals surface area contributed by atoms with E-state index in [-0.39, 0.29) is 65.0 Å². The van der Waals surface area contributed by atoms with Crippen LogP contribution in [0, 0.1) is 11.8 Å². The summed E-state index contributed by atoms with van der Waals surface area (Å²) in [5.74, 6) is -4.38. The summed E-state index contributed by atoms with van der Waals surface area (Å²) in [4.78, 5) is 94.1. The third-order valence-electron chi connectivity index (χ3n) is 11.7. The lowest BCUT2D eigenvalue weighted by molar-refractivity contribution is -0.156. The molecule has 16 nitrogen and oxygen atoms in total.